The van der Waals surface area contributed by atoms with Crippen molar-refractivity contribution in [2.75, 3.05) is 18.4 Å². The van der Waals surface area contributed by atoms with E-state index in [-0.39, 0.29) is 4.90 Å². The fraction of sp³-hybridized carbons (Fsp3) is 0.500. The van der Waals surface area contributed by atoms with Crippen LogP contribution in [-0.2, 0) is 10.0 Å². The largest absolute Gasteiger partial charge is 0.370 e. The third kappa shape index (κ3) is 4.68. The number of nitrogens with zero attached hydrogens (tertiary/aromatic N) is 1. The Kier molecular flexibility index (Phi) is 4.86. The molecule has 1 rings (SSSR count). The summed E-state index contributed by atoms with van der Waals surface area (Å²) in [6.07, 6.45) is 2.17. The molecule has 96 valence electrons. The predicted molar refractivity (Wildman–Crippen MR) is 66.9 cm³/mol. The molecule has 1 aromatic heterocycles. The first kappa shape index (κ1) is 13.9. The van der Waals surface area contributed by atoms with E-state index in [4.69, 9.17) is 10.9 Å². The maximum atomic E-state index is 11.0. The van der Waals surface area contributed by atoms with Crippen molar-refractivity contribution in [3.05, 3.63) is 18.3 Å². The van der Waals surface area contributed by atoms with Gasteiger partial charge in [0, 0.05) is 12.7 Å². The zero-order valence-electron chi connectivity index (χ0n) is 9.76. The van der Waals surface area contributed by atoms with E-state index in [0.717, 1.165) is 13.0 Å². The van der Waals surface area contributed by atoms with Crippen LogP contribution in [0.5, 0.6) is 0 Å². The topological polar surface area (TPSA) is 111 Å². The molecule has 5 N–H and O–H groups in total. The summed E-state index contributed by atoms with van der Waals surface area (Å²) in [4.78, 5) is 3.99. The summed E-state index contributed by atoms with van der Waals surface area (Å²) in [5.41, 5.74) is 5.44. The molecule has 7 heteroatoms. The molecule has 17 heavy (non-hydrogen) atoms. The molecule has 6 nitrogen and oxygen atoms in total. The highest BCUT2D eigenvalue weighted by molar-refractivity contribution is 7.89. The van der Waals surface area contributed by atoms with Crippen LogP contribution in [0.15, 0.2) is 23.2 Å². The molecule has 0 spiro atoms. The van der Waals surface area contributed by atoms with Crippen molar-refractivity contribution in [3.8, 4) is 0 Å². The molecule has 0 fully saturated rings. The number of sulfonamides is 1. The second-order valence-corrected chi connectivity index (χ2v) is 5.55. The van der Waals surface area contributed by atoms with Crippen molar-refractivity contribution >= 4 is 15.8 Å². The Morgan fingerprint density at radius 2 is 2.18 bits per heavy atom. The van der Waals surface area contributed by atoms with Crippen molar-refractivity contribution < 1.29 is 8.42 Å². The van der Waals surface area contributed by atoms with Gasteiger partial charge in [-0.3, -0.25) is 0 Å². The lowest BCUT2D eigenvalue weighted by atomic mass is 10.1. The van der Waals surface area contributed by atoms with E-state index < -0.39 is 10.0 Å². The first-order valence-electron chi connectivity index (χ1n) is 5.36. The number of aromatic nitrogens is 1. The van der Waals surface area contributed by atoms with Crippen molar-refractivity contribution in [2.24, 2.45) is 16.8 Å². The molecule has 1 aromatic rings. The van der Waals surface area contributed by atoms with Crippen LogP contribution >= 0.6 is 0 Å². The van der Waals surface area contributed by atoms with Gasteiger partial charge >= 0.3 is 0 Å². The minimum absolute atomic E-state index is 0.0121. The summed E-state index contributed by atoms with van der Waals surface area (Å²) >= 11 is 0. The van der Waals surface area contributed by atoms with Gasteiger partial charge in [0.2, 0.25) is 10.0 Å². The van der Waals surface area contributed by atoms with Crippen LogP contribution in [-0.4, -0.2) is 26.5 Å². The van der Waals surface area contributed by atoms with E-state index in [1.807, 2.05) is 0 Å². The van der Waals surface area contributed by atoms with Gasteiger partial charge in [0.15, 0.2) is 0 Å². The number of pyridine rings is 1. The molecule has 0 aliphatic heterocycles. The Labute approximate surface area is 101 Å². The van der Waals surface area contributed by atoms with Gasteiger partial charge in [-0.15, -0.1) is 0 Å². The van der Waals surface area contributed by atoms with Crippen molar-refractivity contribution in [2.45, 2.75) is 18.2 Å². The number of primary sulfonamides is 1. The minimum Gasteiger partial charge on any atom is -0.370 e. The minimum atomic E-state index is -3.67. The molecule has 1 heterocycles. The van der Waals surface area contributed by atoms with Crippen molar-refractivity contribution in [1.29, 1.82) is 0 Å². The number of hydrogen-bond donors (Lipinski definition) is 3. The molecular formula is C10H18N4O2S. The first-order valence-corrected chi connectivity index (χ1v) is 6.91. The second-order valence-electron chi connectivity index (χ2n) is 3.99. The molecule has 0 saturated heterocycles. The molecular weight excluding hydrogens is 240 g/mol. The highest BCUT2D eigenvalue weighted by Gasteiger charge is 2.08. The van der Waals surface area contributed by atoms with E-state index in [1.54, 1.807) is 6.07 Å². The zero-order valence-corrected chi connectivity index (χ0v) is 10.6. The molecule has 0 bridgehead atoms. The molecule has 0 amide bonds. The van der Waals surface area contributed by atoms with Gasteiger partial charge < -0.3 is 11.1 Å². The fourth-order valence-electron chi connectivity index (χ4n) is 1.32. The smallest absolute Gasteiger partial charge is 0.239 e. The van der Waals surface area contributed by atoms with E-state index in [0.29, 0.717) is 18.3 Å². The summed E-state index contributed by atoms with van der Waals surface area (Å²) in [6.45, 7) is 3.48. The summed E-state index contributed by atoms with van der Waals surface area (Å²) < 4.78 is 22.0. The average Bonchev–Trinajstić information content (AvgIpc) is 2.26. The summed E-state index contributed by atoms with van der Waals surface area (Å²) in [7, 11) is -3.67. The third-order valence-electron chi connectivity index (χ3n) is 2.36. The Bertz CT molecular complexity index is 444. The maximum absolute atomic E-state index is 11.0. The number of nitrogens with one attached hydrogen (secondary N) is 1. The number of nitrogens with two attached hydrogens (primary N) is 2. The normalized spacial score (nSPS) is 13.4. The first-order chi connectivity index (χ1) is 7.93. The van der Waals surface area contributed by atoms with Crippen LogP contribution in [0.1, 0.15) is 13.3 Å². The van der Waals surface area contributed by atoms with Crippen LogP contribution < -0.4 is 16.2 Å². The number of rotatable bonds is 6. The Morgan fingerprint density at radius 3 is 2.65 bits per heavy atom. The third-order valence-corrected chi connectivity index (χ3v) is 3.25. The Morgan fingerprint density at radius 1 is 1.47 bits per heavy atom. The average molecular weight is 258 g/mol. The SMILES string of the molecule is CC(CCN)CNc1ccc(S(N)(=O)=O)cn1. The van der Waals surface area contributed by atoms with E-state index in [2.05, 4.69) is 17.2 Å². The lowest BCUT2D eigenvalue weighted by Crippen LogP contribution is -2.16. The molecule has 0 radical (unpaired) electrons. The van der Waals surface area contributed by atoms with Crippen LogP contribution in [0.2, 0.25) is 0 Å². The molecule has 0 aliphatic carbocycles. The highest BCUT2D eigenvalue weighted by atomic mass is 32.2. The van der Waals surface area contributed by atoms with Gasteiger partial charge in [-0.1, -0.05) is 6.92 Å². The van der Waals surface area contributed by atoms with Crippen LogP contribution in [0.25, 0.3) is 0 Å². The summed E-state index contributed by atoms with van der Waals surface area (Å²) in [5.74, 6) is 1.07. The van der Waals surface area contributed by atoms with Gasteiger partial charge in [0.05, 0.1) is 0 Å². The standard InChI is InChI=1S/C10H18N4O2S/c1-8(4-5-11)6-13-10-3-2-9(7-14-10)17(12,15)16/h2-3,7-8H,4-6,11H2,1H3,(H,13,14)(H2,12,15,16). The lowest BCUT2D eigenvalue weighted by Gasteiger charge is -2.11. The lowest BCUT2D eigenvalue weighted by molar-refractivity contribution is 0.567. The number of hydrogen-bond acceptors (Lipinski definition) is 5. The Hall–Kier alpha value is -1.18. The molecule has 0 aliphatic rings. The van der Waals surface area contributed by atoms with E-state index >= 15 is 0 Å². The second kappa shape index (κ2) is 5.95. The monoisotopic (exact) mass is 258 g/mol. The molecule has 0 aromatic carbocycles. The quantitative estimate of drug-likeness (QED) is 0.671. The highest BCUT2D eigenvalue weighted by Crippen LogP contribution is 2.10. The molecule has 1 unspecified atom stereocenters. The fourth-order valence-corrected chi connectivity index (χ4v) is 1.78. The predicted octanol–water partition coefficient (Wildman–Crippen LogP) is 0.126. The van der Waals surface area contributed by atoms with Crippen LogP contribution in [0.3, 0.4) is 0 Å². The van der Waals surface area contributed by atoms with Crippen molar-refractivity contribution in [1.82, 2.24) is 4.98 Å². The number of anilines is 1. The molecule has 1 atom stereocenters. The summed E-state index contributed by atoms with van der Waals surface area (Å²) in [5, 5.41) is 8.07. The van der Waals surface area contributed by atoms with E-state index in [9.17, 15) is 8.42 Å². The van der Waals surface area contributed by atoms with Gasteiger partial charge in [-0.2, -0.15) is 0 Å². The summed E-state index contributed by atoms with van der Waals surface area (Å²) in [6, 6.07) is 3.02. The van der Waals surface area contributed by atoms with Gasteiger partial charge in [0.25, 0.3) is 0 Å². The van der Waals surface area contributed by atoms with Gasteiger partial charge in [-0.25, -0.2) is 18.5 Å². The molecule has 0 saturated carbocycles. The maximum Gasteiger partial charge on any atom is 0.239 e. The van der Waals surface area contributed by atoms with E-state index in [1.165, 1.54) is 12.3 Å². The van der Waals surface area contributed by atoms with Gasteiger partial charge in [0.1, 0.15) is 10.7 Å². The van der Waals surface area contributed by atoms with Crippen molar-refractivity contribution in [3.63, 3.8) is 0 Å². The van der Waals surface area contributed by atoms with Gasteiger partial charge in [-0.05, 0) is 31.0 Å². The van der Waals surface area contributed by atoms with Crippen LogP contribution in [0, 0.1) is 5.92 Å². The van der Waals surface area contributed by atoms with Crippen LogP contribution in [0.4, 0.5) is 5.82 Å². The Balaban J connectivity index is 2.57. The zero-order chi connectivity index (χ0) is 12.9.